The predicted octanol–water partition coefficient (Wildman–Crippen LogP) is 7.69. The Morgan fingerprint density at radius 3 is 2.06 bits per heavy atom. The van der Waals surface area contributed by atoms with E-state index in [1.165, 1.54) is 6.26 Å². The minimum Gasteiger partial charge on any atom is -0.494 e. The fraction of sp³-hybridized carbons (Fsp3) is 0.487. The Hall–Kier alpha value is -3.89. The van der Waals surface area contributed by atoms with Crippen molar-refractivity contribution in [3.8, 4) is 22.6 Å². The van der Waals surface area contributed by atoms with Crippen LogP contribution in [0.5, 0.6) is 11.5 Å². The zero-order valence-corrected chi connectivity index (χ0v) is 30.3. The summed E-state index contributed by atoms with van der Waals surface area (Å²) in [4.78, 5) is 24.1. The van der Waals surface area contributed by atoms with Crippen LogP contribution in [-0.2, 0) is 53.1 Å². The highest BCUT2D eigenvalue weighted by atomic mass is 32.2. The minimum atomic E-state index is -3.27. The molecule has 0 aromatic heterocycles. The van der Waals surface area contributed by atoms with Gasteiger partial charge in [0.1, 0.15) is 11.5 Å². The molecule has 3 rings (SSSR count). The van der Waals surface area contributed by atoms with Gasteiger partial charge in [-0.15, -0.1) is 0 Å². The highest BCUT2D eigenvalue weighted by Crippen LogP contribution is 2.29. The van der Waals surface area contributed by atoms with Gasteiger partial charge in [-0.2, -0.15) is 0 Å². The molecule has 0 aliphatic carbocycles. The quantitative estimate of drug-likeness (QED) is 0.0727. The summed E-state index contributed by atoms with van der Waals surface area (Å²) in [5.74, 6) is 1.04. The van der Waals surface area contributed by atoms with Gasteiger partial charge >= 0.3 is 11.9 Å². The first-order valence-electron chi connectivity index (χ1n) is 17.3. The molecule has 0 unspecified atom stereocenters. The molecular formula is C39H52O9S. The molecule has 0 aliphatic heterocycles. The Bertz CT molecular complexity index is 1570. The van der Waals surface area contributed by atoms with Crippen molar-refractivity contribution in [3.63, 3.8) is 0 Å². The SMILES string of the molecule is CCOCc1cc(OCCCCCCc2cccc(OCCCC(=O)OCC)c2CCC(=O)OCC)cc(-c2ccc(S(C)(=O)=O)cc2)c1. The first-order chi connectivity index (χ1) is 23.6. The number of sulfone groups is 1. The average molecular weight is 697 g/mol. The Morgan fingerprint density at radius 2 is 1.37 bits per heavy atom. The topological polar surface area (TPSA) is 114 Å². The number of carbonyl (C=O) groups is 2. The van der Waals surface area contributed by atoms with Crippen molar-refractivity contribution < 1.29 is 41.7 Å². The number of rotatable bonds is 23. The van der Waals surface area contributed by atoms with Crippen molar-refractivity contribution in [3.05, 3.63) is 77.4 Å². The largest absolute Gasteiger partial charge is 0.494 e. The third-order valence-electron chi connectivity index (χ3n) is 7.87. The summed E-state index contributed by atoms with van der Waals surface area (Å²) in [7, 11) is -3.27. The molecule has 0 amide bonds. The van der Waals surface area contributed by atoms with Crippen LogP contribution >= 0.6 is 0 Å². The molecule has 0 saturated carbocycles. The molecule has 0 radical (unpaired) electrons. The Kier molecular flexibility index (Phi) is 17.2. The van der Waals surface area contributed by atoms with Crippen molar-refractivity contribution in [1.29, 1.82) is 0 Å². The molecule has 0 spiro atoms. The lowest BCUT2D eigenvalue weighted by atomic mass is 9.96. The number of aryl methyl sites for hydroxylation is 1. The van der Waals surface area contributed by atoms with Crippen LogP contribution in [0.4, 0.5) is 0 Å². The van der Waals surface area contributed by atoms with E-state index in [4.69, 9.17) is 23.7 Å². The molecule has 9 nitrogen and oxygen atoms in total. The average Bonchev–Trinajstić information content (AvgIpc) is 3.08. The first kappa shape index (κ1) is 39.5. The predicted molar refractivity (Wildman–Crippen MR) is 191 cm³/mol. The van der Waals surface area contributed by atoms with Gasteiger partial charge in [0, 0.05) is 25.7 Å². The molecular weight excluding hydrogens is 644 g/mol. The highest BCUT2D eigenvalue weighted by Gasteiger charge is 2.14. The molecule has 0 aliphatic rings. The Labute approximate surface area is 292 Å². The number of hydrogen-bond acceptors (Lipinski definition) is 9. The maximum Gasteiger partial charge on any atom is 0.306 e. The lowest BCUT2D eigenvalue weighted by molar-refractivity contribution is -0.144. The zero-order chi connectivity index (χ0) is 35.5. The van der Waals surface area contributed by atoms with Crippen LogP contribution in [0.25, 0.3) is 11.1 Å². The van der Waals surface area contributed by atoms with Gasteiger partial charge in [0.25, 0.3) is 0 Å². The van der Waals surface area contributed by atoms with Crippen LogP contribution in [0.3, 0.4) is 0 Å². The summed E-state index contributed by atoms with van der Waals surface area (Å²) in [6.45, 7) is 8.29. The van der Waals surface area contributed by atoms with Crippen LogP contribution in [0.15, 0.2) is 65.6 Å². The molecule has 3 aromatic carbocycles. The molecule has 0 fully saturated rings. The lowest BCUT2D eigenvalue weighted by Crippen LogP contribution is -2.10. The molecule has 10 heteroatoms. The maximum atomic E-state index is 12.1. The standard InChI is InChI=1S/C39H52O9S/c1-5-44-29-30-26-33(31-18-20-35(21-19-31)49(4,42)43)28-34(27-30)47-24-11-9-8-10-14-32-15-12-16-37(36(32)22-23-39(41)46-7-3)48-25-13-17-38(40)45-6-2/h12,15-16,18-21,26-28H,5-11,13-14,17,22-25,29H2,1-4H3. The van der Waals surface area contributed by atoms with Gasteiger partial charge in [0.15, 0.2) is 9.84 Å². The van der Waals surface area contributed by atoms with Crippen molar-refractivity contribution in [2.24, 2.45) is 0 Å². The van der Waals surface area contributed by atoms with Gasteiger partial charge in [-0.1, -0.05) is 37.1 Å². The number of esters is 2. The van der Waals surface area contributed by atoms with E-state index in [2.05, 4.69) is 6.07 Å². The normalized spacial score (nSPS) is 11.3. The number of hydrogen-bond donors (Lipinski definition) is 0. The Balaban J connectivity index is 1.55. The van der Waals surface area contributed by atoms with E-state index in [1.54, 1.807) is 26.0 Å². The van der Waals surface area contributed by atoms with Crippen LogP contribution in [0, 0.1) is 0 Å². The number of benzene rings is 3. The van der Waals surface area contributed by atoms with E-state index in [-0.39, 0.29) is 23.3 Å². The smallest absolute Gasteiger partial charge is 0.306 e. The molecule has 0 heterocycles. The van der Waals surface area contributed by atoms with E-state index in [0.717, 1.165) is 71.4 Å². The second-order valence-corrected chi connectivity index (χ2v) is 13.8. The van der Waals surface area contributed by atoms with Crippen molar-refractivity contribution in [1.82, 2.24) is 0 Å². The number of ether oxygens (including phenoxy) is 5. The van der Waals surface area contributed by atoms with Crippen LogP contribution in [0.1, 0.15) is 82.4 Å². The van der Waals surface area contributed by atoms with Gasteiger partial charge in [0.2, 0.25) is 0 Å². The highest BCUT2D eigenvalue weighted by molar-refractivity contribution is 7.90. The molecule has 49 heavy (non-hydrogen) atoms. The van der Waals surface area contributed by atoms with Gasteiger partial charge in [0.05, 0.1) is 37.9 Å². The fourth-order valence-corrected chi connectivity index (χ4v) is 6.06. The fourth-order valence-electron chi connectivity index (χ4n) is 5.43. The molecule has 0 N–H and O–H groups in total. The summed E-state index contributed by atoms with van der Waals surface area (Å²) in [6, 6.07) is 18.9. The number of carbonyl (C=O) groups excluding carboxylic acids is 2. The van der Waals surface area contributed by atoms with E-state index >= 15 is 0 Å². The second kappa shape index (κ2) is 21.3. The van der Waals surface area contributed by atoms with E-state index in [1.807, 2.05) is 49.4 Å². The van der Waals surface area contributed by atoms with Gasteiger partial charge in [-0.3, -0.25) is 9.59 Å². The third-order valence-corrected chi connectivity index (χ3v) is 9.00. The first-order valence-corrected chi connectivity index (χ1v) is 19.2. The lowest BCUT2D eigenvalue weighted by Gasteiger charge is -2.16. The zero-order valence-electron chi connectivity index (χ0n) is 29.5. The Morgan fingerprint density at radius 1 is 0.673 bits per heavy atom. The maximum absolute atomic E-state index is 12.1. The summed E-state index contributed by atoms with van der Waals surface area (Å²) in [6.07, 6.45) is 7.63. The molecule has 3 aromatic rings. The molecule has 0 bridgehead atoms. The summed E-state index contributed by atoms with van der Waals surface area (Å²) in [5.41, 5.74) is 5.01. The van der Waals surface area contributed by atoms with Crippen molar-refractivity contribution in [2.75, 3.05) is 39.3 Å². The molecule has 268 valence electrons. The van der Waals surface area contributed by atoms with Crippen LogP contribution in [-0.4, -0.2) is 59.6 Å². The van der Waals surface area contributed by atoms with E-state index in [0.29, 0.717) is 58.9 Å². The summed E-state index contributed by atoms with van der Waals surface area (Å²) >= 11 is 0. The second-order valence-electron chi connectivity index (χ2n) is 11.8. The van der Waals surface area contributed by atoms with E-state index < -0.39 is 9.84 Å². The van der Waals surface area contributed by atoms with Gasteiger partial charge in [-0.25, -0.2) is 8.42 Å². The minimum absolute atomic E-state index is 0.230. The van der Waals surface area contributed by atoms with Crippen LogP contribution < -0.4 is 9.47 Å². The summed E-state index contributed by atoms with van der Waals surface area (Å²) in [5, 5.41) is 0. The monoisotopic (exact) mass is 696 g/mol. The van der Waals surface area contributed by atoms with Gasteiger partial charge in [-0.05, 0) is 117 Å². The van der Waals surface area contributed by atoms with Gasteiger partial charge < -0.3 is 23.7 Å². The third kappa shape index (κ3) is 14.2. The van der Waals surface area contributed by atoms with Crippen LogP contribution in [0.2, 0.25) is 0 Å². The summed E-state index contributed by atoms with van der Waals surface area (Å²) < 4.78 is 51.9. The van der Waals surface area contributed by atoms with Crippen molar-refractivity contribution in [2.45, 2.75) is 90.1 Å². The van der Waals surface area contributed by atoms with Crippen molar-refractivity contribution >= 4 is 21.8 Å². The molecule has 0 atom stereocenters. The molecule has 0 saturated heterocycles. The number of unbranched alkanes of at least 4 members (excludes halogenated alkanes) is 3. The van der Waals surface area contributed by atoms with E-state index in [9.17, 15) is 18.0 Å².